The molecule has 0 aliphatic rings. The third-order valence-corrected chi connectivity index (χ3v) is 1.67. The lowest BCUT2D eigenvalue weighted by molar-refractivity contribution is 0.1000. The van der Waals surface area contributed by atoms with Gasteiger partial charge >= 0.3 is 0 Å². The molecule has 4 heteroatoms. The van der Waals surface area contributed by atoms with Crippen LogP contribution in [0.3, 0.4) is 0 Å². The average molecular weight is 168 g/mol. The summed E-state index contributed by atoms with van der Waals surface area (Å²) in [5, 5.41) is 0. The Hall–Kier alpha value is -1.58. The summed E-state index contributed by atoms with van der Waals surface area (Å²) >= 11 is 0. The van der Waals surface area contributed by atoms with Gasteiger partial charge in [-0.2, -0.15) is 0 Å². The number of benzene rings is 1. The molecule has 0 spiro atoms. The lowest BCUT2D eigenvalue weighted by Gasteiger charge is -2.03. The molecule has 0 atom stereocenters. The van der Waals surface area contributed by atoms with Gasteiger partial charge in [0.15, 0.2) is 0 Å². The van der Waals surface area contributed by atoms with Crippen LogP contribution in [0.2, 0.25) is 0 Å². The van der Waals surface area contributed by atoms with Gasteiger partial charge in [0.05, 0.1) is 0 Å². The van der Waals surface area contributed by atoms with E-state index in [1.807, 2.05) is 0 Å². The van der Waals surface area contributed by atoms with Crippen molar-refractivity contribution in [1.82, 2.24) is 0 Å². The van der Waals surface area contributed by atoms with E-state index in [1.165, 1.54) is 13.0 Å². The number of carbonyl (C=O) groups excluding carboxylic acids is 1. The number of primary amides is 1. The maximum absolute atomic E-state index is 12.9. The van der Waals surface area contributed by atoms with Gasteiger partial charge < -0.3 is 11.5 Å². The molecule has 1 aromatic rings. The number of anilines is 1. The smallest absolute Gasteiger partial charge is 0.248 e. The summed E-state index contributed by atoms with van der Waals surface area (Å²) in [7, 11) is 0. The molecule has 0 aromatic heterocycles. The Balaban J connectivity index is 3.31. The number of nitrogen functional groups attached to an aromatic ring is 1. The van der Waals surface area contributed by atoms with Crippen LogP contribution in [-0.4, -0.2) is 5.91 Å². The Kier molecular flexibility index (Phi) is 1.99. The summed E-state index contributed by atoms with van der Waals surface area (Å²) in [5.74, 6) is -1.19. The Morgan fingerprint density at radius 3 is 2.50 bits per heavy atom. The van der Waals surface area contributed by atoms with Crippen molar-refractivity contribution in [2.24, 2.45) is 5.73 Å². The highest BCUT2D eigenvalue weighted by Gasteiger charge is 2.07. The maximum atomic E-state index is 12.9. The molecule has 1 rings (SSSR count). The van der Waals surface area contributed by atoms with E-state index in [2.05, 4.69) is 0 Å². The minimum Gasteiger partial charge on any atom is -0.398 e. The summed E-state index contributed by atoms with van der Waals surface area (Å²) in [6.45, 7) is 1.54. The van der Waals surface area contributed by atoms with Crippen molar-refractivity contribution >= 4 is 11.6 Å². The fourth-order valence-corrected chi connectivity index (χ4v) is 0.842. The van der Waals surface area contributed by atoms with Crippen molar-refractivity contribution in [2.75, 3.05) is 5.73 Å². The van der Waals surface area contributed by atoms with Crippen molar-refractivity contribution in [3.05, 3.63) is 29.1 Å². The van der Waals surface area contributed by atoms with Crippen LogP contribution in [-0.2, 0) is 0 Å². The van der Waals surface area contributed by atoms with Crippen molar-refractivity contribution in [2.45, 2.75) is 6.92 Å². The van der Waals surface area contributed by atoms with Crippen LogP contribution < -0.4 is 11.5 Å². The van der Waals surface area contributed by atoms with E-state index >= 15 is 0 Å². The maximum Gasteiger partial charge on any atom is 0.248 e. The quantitative estimate of drug-likeness (QED) is 0.609. The average Bonchev–Trinajstić information content (AvgIpc) is 1.99. The van der Waals surface area contributed by atoms with E-state index in [9.17, 15) is 9.18 Å². The van der Waals surface area contributed by atoms with E-state index in [0.29, 0.717) is 5.56 Å². The Morgan fingerprint density at radius 2 is 2.08 bits per heavy atom. The van der Waals surface area contributed by atoms with Crippen molar-refractivity contribution in [3.63, 3.8) is 0 Å². The van der Waals surface area contributed by atoms with Gasteiger partial charge in [-0.25, -0.2) is 4.39 Å². The van der Waals surface area contributed by atoms with E-state index in [1.54, 1.807) is 0 Å². The molecule has 1 amide bonds. The van der Waals surface area contributed by atoms with Gasteiger partial charge in [-0.05, 0) is 19.1 Å². The number of halogens is 1. The number of carbonyl (C=O) groups is 1. The van der Waals surface area contributed by atoms with Gasteiger partial charge in [-0.3, -0.25) is 4.79 Å². The van der Waals surface area contributed by atoms with Gasteiger partial charge in [0.2, 0.25) is 5.91 Å². The zero-order valence-corrected chi connectivity index (χ0v) is 6.60. The highest BCUT2D eigenvalue weighted by Crippen LogP contribution is 2.16. The first-order valence-electron chi connectivity index (χ1n) is 3.38. The number of nitrogens with two attached hydrogens (primary N) is 2. The van der Waals surface area contributed by atoms with Crippen LogP contribution in [0.15, 0.2) is 12.1 Å². The lowest BCUT2D eigenvalue weighted by Crippen LogP contribution is -2.12. The van der Waals surface area contributed by atoms with Crippen LogP contribution in [0.5, 0.6) is 0 Å². The van der Waals surface area contributed by atoms with Crippen LogP contribution in [0.25, 0.3) is 0 Å². The highest BCUT2D eigenvalue weighted by atomic mass is 19.1. The molecule has 64 valence electrons. The van der Waals surface area contributed by atoms with Crippen LogP contribution >= 0.6 is 0 Å². The molecular formula is C8H9FN2O. The molecule has 0 aliphatic heterocycles. The summed E-state index contributed by atoms with van der Waals surface area (Å²) in [6, 6.07) is 2.44. The standard InChI is InChI=1S/C8H9FN2O/c1-4-6(9)2-5(8(11)12)3-7(4)10/h2-3H,10H2,1H3,(H2,11,12). The zero-order chi connectivity index (χ0) is 9.30. The largest absolute Gasteiger partial charge is 0.398 e. The third-order valence-electron chi connectivity index (χ3n) is 1.67. The Bertz CT molecular complexity index is 313. The molecule has 0 bridgehead atoms. The molecule has 1 aromatic carbocycles. The topological polar surface area (TPSA) is 69.1 Å². The Morgan fingerprint density at radius 1 is 1.50 bits per heavy atom. The van der Waals surface area contributed by atoms with Gasteiger partial charge in [0.25, 0.3) is 0 Å². The number of amides is 1. The predicted molar refractivity (Wildman–Crippen MR) is 44.1 cm³/mol. The molecule has 12 heavy (non-hydrogen) atoms. The first-order chi connectivity index (χ1) is 5.52. The second-order valence-electron chi connectivity index (χ2n) is 2.54. The van der Waals surface area contributed by atoms with E-state index < -0.39 is 11.7 Å². The van der Waals surface area contributed by atoms with Gasteiger partial charge in [0, 0.05) is 16.8 Å². The van der Waals surface area contributed by atoms with Gasteiger partial charge in [0.1, 0.15) is 5.82 Å². The monoisotopic (exact) mass is 168 g/mol. The molecule has 0 aliphatic carbocycles. The minimum atomic E-state index is -0.680. The molecule has 0 unspecified atom stereocenters. The molecule has 0 saturated carbocycles. The zero-order valence-electron chi connectivity index (χ0n) is 6.60. The van der Waals surface area contributed by atoms with Gasteiger partial charge in [-0.15, -0.1) is 0 Å². The van der Waals surface area contributed by atoms with E-state index in [-0.39, 0.29) is 11.3 Å². The normalized spacial score (nSPS) is 9.83. The fraction of sp³-hybridized carbons (Fsp3) is 0.125. The number of rotatable bonds is 1. The summed E-state index contributed by atoms with van der Waals surface area (Å²) in [6.07, 6.45) is 0. The first kappa shape index (κ1) is 8.52. The molecule has 0 fully saturated rings. The molecule has 4 N–H and O–H groups in total. The number of hydrogen-bond donors (Lipinski definition) is 2. The second kappa shape index (κ2) is 2.81. The van der Waals surface area contributed by atoms with Crippen LogP contribution in [0.4, 0.5) is 10.1 Å². The van der Waals surface area contributed by atoms with Crippen LogP contribution in [0.1, 0.15) is 15.9 Å². The van der Waals surface area contributed by atoms with E-state index in [0.717, 1.165) is 6.07 Å². The van der Waals surface area contributed by atoms with Crippen molar-refractivity contribution in [1.29, 1.82) is 0 Å². The third kappa shape index (κ3) is 1.37. The summed E-state index contributed by atoms with van der Waals surface area (Å²) in [4.78, 5) is 10.6. The van der Waals surface area contributed by atoms with Gasteiger partial charge in [-0.1, -0.05) is 0 Å². The summed E-state index contributed by atoms with van der Waals surface area (Å²) < 4.78 is 12.9. The first-order valence-corrected chi connectivity index (χ1v) is 3.38. The molecule has 0 saturated heterocycles. The van der Waals surface area contributed by atoms with E-state index in [4.69, 9.17) is 11.5 Å². The van der Waals surface area contributed by atoms with Crippen LogP contribution in [0, 0.1) is 12.7 Å². The number of hydrogen-bond acceptors (Lipinski definition) is 2. The molecular weight excluding hydrogens is 159 g/mol. The summed E-state index contributed by atoms with van der Waals surface area (Å²) in [5.41, 5.74) is 11.0. The molecule has 0 heterocycles. The SMILES string of the molecule is Cc1c(N)cc(C(N)=O)cc1F. The second-order valence-corrected chi connectivity index (χ2v) is 2.54. The van der Waals surface area contributed by atoms with Crippen molar-refractivity contribution in [3.8, 4) is 0 Å². The molecule has 0 radical (unpaired) electrons. The molecule has 3 nitrogen and oxygen atoms in total. The fourth-order valence-electron chi connectivity index (χ4n) is 0.842. The minimum absolute atomic E-state index is 0.0931. The lowest BCUT2D eigenvalue weighted by atomic mass is 10.1. The Labute approximate surface area is 69.2 Å². The highest BCUT2D eigenvalue weighted by molar-refractivity contribution is 5.93. The van der Waals surface area contributed by atoms with Crippen molar-refractivity contribution < 1.29 is 9.18 Å². The predicted octanol–water partition coefficient (Wildman–Crippen LogP) is 0.815.